The third kappa shape index (κ3) is 12.8. The molecule has 11 N–H and O–H groups in total. The van der Waals surface area contributed by atoms with Crippen molar-refractivity contribution in [2.45, 2.75) is 70.0 Å². The molecule has 6 rings (SSSR count). The highest BCUT2D eigenvalue weighted by Crippen LogP contribution is 2.37. The van der Waals surface area contributed by atoms with Gasteiger partial charge in [-0.25, -0.2) is 19.5 Å². The van der Waals surface area contributed by atoms with Crippen LogP contribution < -0.4 is 43.0 Å². The van der Waals surface area contributed by atoms with E-state index in [-0.39, 0.29) is 34.3 Å². The van der Waals surface area contributed by atoms with Gasteiger partial charge >= 0.3 is 0 Å². The Morgan fingerprint density at radius 3 is 1.73 bits per heavy atom. The number of halogens is 2. The van der Waals surface area contributed by atoms with Crippen molar-refractivity contribution in [3.63, 3.8) is 0 Å². The van der Waals surface area contributed by atoms with Gasteiger partial charge in [-0.2, -0.15) is 23.5 Å². The van der Waals surface area contributed by atoms with Crippen LogP contribution in [0.25, 0.3) is 5.69 Å². The summed E-state index contributed by atoms with van der Waals surface area (Å²) in [4.78, 5) is 16.9. The Bertz CT molecular complexity index is 2520. The monoisotopic (exact) mass is 878 g/mol. The first-order valence-electron chi connectivity index (χ1n) is 18.2. The summed E-state index contributed by atoms with van der Waals surface area (Å²) in [5.41, 5.74) is 35.3. The van der Waals surface area contributed by atoms with Crippen LogP contribution in [0.5, 0.6) is 23.0 Å². The summed E-state index contributed by atoms with van der Waals surface area (Å²) >= 11 is 10.7. The minimum absolute atomic E-state index is 0.108. The van der Waals surface area contributed by atoms with Gasteiger partial charge in [-0.3, -0.25) is 0 Å². The smallest absolute Gasteiger partial charge is 0.276 e. The molecule has 21 heteroatoms. The molecule has 6 aromatic rings. The fraction of sp³-hybridized carbons (Fsp3) is 0.256. The molecule has 0 bridgehead atoms. The molecule has 60 heavy (non-hydrogen) atoms. The van der Waals surface area contributed by atoms with Gasteiger partial charge in [0.05, 0.1) is 41.6 Å². The molecule has 0 amide bonds. The molecule has 0 aliphatic rings. The van der Waals surface area contributed by atoms with E-state index in [1.54, 1.807) is 35.3 Å². The Morgan fingerprint density at radius 2 is 1.27 bits per heavy atom. The van der Waals surface area contributed by atoms with Crippen molar-refractivity contribution in [2.75, 3.05) is 28.7 Å². The summed E-state index contributed by atoms with van der Waals surface area (Å²) in [5.74, 6) is 3.22. The number of aryl methyl sites for hydroxylation is 3. The fourth-order valence-electron chi connectivity index (χ4n) is 5.21. The van der Waals surface area contributed by atoms with Crippen LogP contribution in [0.1, 0.15) is 67.3 Å². The van der Waals surface area contributed by atoms with E-state index in [0.29, 0.717) is 34.6 Å². The van der Waals surface area contributed by atoms with Crippen LogP contribution in [0, 0.1) is 20.8 Å². The third-order valence-electron chi connectivity index (χ3n) is 8.37. The average Bonchev–Trinajstić information content (AvgIpc) is 3.71. The number of nitrogens with two attached hydrogens (primary N) is 5. The van der Waals surface area contributed by atoms with Gasteiger partial charge in [0.2, 0.25) is 11.9 Å². The van der Waals surface area contributed by atoms with Crippen molar-refractivity contribution < 1.29 is 17.9 Å². The number of nitrogen functional groups attached to an aromatic ring is 5. The Morgan fingerprint density at radius 1 is 0.750 bits per heavy atom. The van der Waals surface area contributed by atoms with Gasteiger partial charge in [0.1, 0.15) is 16.3 Å². The molecule has 18 nitrogen and oxygen atoms in total. The molecule has 0 atom stereocenters. The first kappa shape index (κ1) is 46.3. The number of benzene rings is 3. The van der Waals surface area contributed by atoms with Gasteiger partial charge in [-0.1, -0.05) is 79.9 Å². The maximum absolute atomic E-state index is 11.6. The molecule has 318 valence electrons. The predicted molar refractivity (Wildman–Crippen MR) is 237 cm³/mol. The van der Waals surface area contributed by atoms with Crippen LogP contribution in [0.2, 0.25) is 0 Å². The summed E-state index contributed by atoms with van der Waals surface area (Å²) in [6.07, 6.45) is 7.41. The minimum Gasteiger partial charge on any atom is -0.451 e. The Hall–Kier alpha value is -6.44. The van der Waals surface area contributed by atoms with Gasteiger partial charge in [-0.05, 0) is 73.1 Å². The topological polar surface area (TPSA) is 289 Å². The zero-order valence-electron chi connectivity index (χ0n) is 34.0. The van der Waals surface area contributed by atoms with Gasteiger partial charge < -0.3 is 38.1 Å². The van der Waals surface area contributed by atoms with Crippen molar-refractivity contribution in [3.05, 3.63) is 101 Å². The zero-order valence-corrected chi connectivity index (χ0v) is 36.3. The first-order valence-corrected chi connectivity index (χ1v) is 20.5. The summed E-state index contributed by atoms with van der Waals surface area (Å²) in [5, 5.41) is 11.3. The number of anilines is 5. The molecule has 0 aliphatic heterocycles. The van der Waals surface area contributed by atoms with E-state index in [9.17, 15) is 8.42 Å². The van der Waals surface area contributed by atoms with E-state index in [4.69, 9.17) is 61.3 Å². The lowest BCUT2D eigenvalue weighted by Gasteiger charge is -2.17. The second-order valence-corrected chi connectivity index (χ2v) is 16.6. The van der Waals surface area contributed by atoms with Gasteiger partial charge in [-0.15, -0.1) is 5.10 Å². The molecule has 0 radical (unpaired) electrons. The van der Waals surface area contributed by atoms with Crippen LogP contribution in [0.3, 0.4) is 0 Å². The lowest BCUT2D eigenvalue weighted by atomic mass is 9.99. The number of nitrogens with zero attached hydrogens (tertiary/aromatic N) is 8. The van der Waals surface area contributed by atoms with Gasteiger partial charge in [0, 0.05) is 17.8 Å². The molecule has 0 fully saturated rings. The highest BCUT2D eigenvalue weighted by molar-refractivity contribution is 7.89. The molecule has 0 saturated carbocycles. The Balaban J connectivity index is 0.000000203. The summed E-state index contributed by atoms with van der Waals surface area (Å²) in [6.45, 7) is 14.2. The van der Waals surface area contributed by atoms with Crippen molar-refractivity contribution in [1.29, 1.82) is 0 Å². The predicted octanol–water partition coefficient (Wildman–Crippen LogP) is 6.96. The number of rotatable bonds is 11. The number of hydrogen-bond donors (Lipinski definition) is 6. The average molecular weight is 880 g/mol. The molecule has 3 heterocycles. The normalized spacial score (nSPS) is 11.3. The van der Waals surface area contributed by atoms with E-state index >= 15 is 0 Å². The number of ether oxygens (including phenoxy) is 2. The molecular formula is C39H48Cl2N14O4S. The maximum atomic E-state index is 11.6. The van der Waals surface area contributed by atoms with Crippen molar-refractivity contribution in [3.8, 4) is 28.7 Å². The standard InChI is InChI=1S/C16H19N7O.C14H19N5O.C9H10Cl2N2O2S/c1-9(2)11-6-10(3)12(23-5-4-20-22-23)7-13(11)24-14-8-19-16(18)21-15(14)17;1-7(2)9-4-8(3)10(15)5-11(9)20-12-6-18-14(17)19-13(12)16;1-7-2-4-8(5-3-7)16(14,15)13-12-6-9(10)11/h4-9H,1-3H3,(H4,17,18,19,21);4-7H,15H2,1-3H3,(H4,16,17,18,19);2-6,9,13H,1H3/b;;12-6-. The summed E-state index contributed by atoms with van der Waals surface area (Å²) in [7, 11) is -3.64. The van der Waals surface area contributed by atoms with E-state index in [0.717, 1.165) is 39.7 Å². The van der Waals surface area contributed by atoms with Crippen molar-refractivity contribution in [2.24, 2.45) is 5.10 Å². The number of sulfonamides is 1. The number of nitrogens with one attached hydrogen (secondary N) is 1. The number of hydrazone groups is 1. The second-order valence-electron chi connectivity index (χ2n) is 13.8. The van der Waals surface area contributed by atoms with E-state index < -0.39 is 14.9 Å². The molecule has 3 aromatic carbocycles. The van der Waals surface area contributed by atoms with Crippen LogP contribution in [-0.2, 0) is 10.0 Å². The first-order chi connectivity index (χ1) is 28.2. The van der Waals surface area contributed by atoms with Crippen molar-refractivity contribution >= 4 is 68.7 Å². The Labute approximate surface area is 358 Å². The van der Waals surface area contributed by atoms with Gasteiger partial charge in [0.25, 0.3) is 10.0 Å². The lowest BCUT2D eigenvalue weighted by molar-refractivity contribution is 0.470. The molecule has 0 unspecified atom stereocenters. The molecule has 0 saturated heterocycles. The number of aromatic nitrogens is 7. The van der Waals surface area contributed by atoms with Gasteiger partial charge in [0.15, 0.2) is 23.1 Å². The number of alkyl halides is 2. The minimum atomic E-state index is -3.64. The van der Waals surface area contributed by atoms with Crippen molar-refractivity contribution in [1.82, 2.24) is 39.8 Å². The van der Waals surface area contributed by atoms with E-state index in [1.807, 2.05) is 37.7 Å². The maximum Gasteiger partial charge on any atom is 0.276 e. The van der Waals surface area contributed by atoms with Crippen LogP contribution in [0.15, 0.2) is 83.3 Å². The third-order valence-corrected chi connectivity index (χ3v) is 9.84. The quantitative estimate of drug-likeness (QED) is 0.0332. The molecule has 0 spiro atoms. The SMILES string of the molecule is Cc1cc(C(C)C)c(Oc2cnc(N)nc2N)cc1-n1ccnn1.Cc1cc(C(C)C)c(Oc2cnc(N)nc2N)cc1N.Cc1ccc(S(=O)(=O)N/N=C\C(Cl)Cl)cc1. The highest BCUT2D eigenvalue weighted by Gasteiger charge is 2.17. The molecule has 3 aromatic heterocycles. The van der Waals surface area contributed by atoms with E-state index in [2.05, 4.69) is 69.1 Å². The fourth-order valence-corrected chi connectivity index (χ4v) is 6.12. The van der Waals surface area contributed by atoms with Crippen LogP contribution in [0.4, 0.5) is 29.2 Å². The highest BCUT2D eigenvalue weighted by atomic mass is 35.5. The molecular weight excluding hydrogens is 831 g/mol. The Kier molecular flexibility index (Phi) is 15.8. The van der Waals surface area contributed by atoms with Crippen LogP contribution >= 0.6 is 23.2 Å². The van der Waals surface area contributed by atoms with Crippen LogP contribution in [-0.4, -0.2) is 54.4 Å². The summed E-state index contributed by atoms with van der Waals surface area (Å²) < 4.78 is 36.7. The molecule has 0 aliphatic carbocycles. The lowest BCUT2D eigenvalue weighted by Crippen LogP contribution is -2.18. The second kappa shape index (κ2) is 20.5. The number of hydrogen-bond acceptors (Lipinski definition) is 16. The zero-order chi connectivity index (χ0) is 44.3. The largest absolute Gasteiger partial charge is 0.451 e. The summed E-state index contributed by atoms with van der Waals surface area (Å²) in [6, 6.07) is 14.2. The van der Waals surface area contributed by atoms with E-state index in [1.165, 1.54) is 24.5 Å².